The summed E-state index contributed by atoms with van der Waals surface area (Å²) in [4.78, 5) is 4.24. The number of allylic oxidation sites excluding steroid dienone is 6. The molecule has 0 unspecified atom stereocenters. The van der Waals surface area contributed by atoms with Crippen molar-refractivity contribution in [2.45, 2.75) is 13.3 Å². The zero-order chi connectivity index (χ0) is 10.7. The van der Waals surface area contributed by atoms with Gasteiger partial charge in [0.2, 0.25) is 0 Å². The monoisotopic (exact) mass is 266 g/mol. The lowest BCUT2D eigenvalue weighted by atomic mass is 10.1. The molecular weight excluding hydrogens is 256 g/mol. The van der Waals surface area contributed by atoms with Crippen molar-refractivity contribution in [3.05, 3.63) is 41.6 Å². The molecule has 0 saturated heterocycles. The number of hydrogen-bond acceptors (Lipinski definition) is 3. The van der Waals surface area contributed by atoms with Crippen LogP contribution in [0.25, 0.3) is 5.57 Å². The van der Waals surface area contributed by atoms with Crippen molar-refractivity contribution in [1.82, 2.24) is 10.1 Å². The first-order valence-electron chi connectivity index (χ1n) is 4.73. The zero-order valence-corrected chi connectivity index (χ0v) is 9.99. The van der Waals surface area contributed by atoms with Crippen LogP contribution in [-0.4, -0.2) is 15.5 Å². The molecule has 0 aromatic carbocycles. The molecule has 0 bridgehead atoms. The van der Waals surface area contributed by atoms with Crippen LogP contribution in [-0.2, 0) is 0 Å². The molecule has 0 amide bonds. The Labute approximate surface area is 96.7 Å². The highest BCUT2D eigenvalue weighted by molar-refractivity contribution is 9.09. The lowest BCUT2D eigenvalue weighted by Gasteiger charge is -2.02. The molecule has 0 N–H and O–H groups in total. The molecule has 3 nitrogen and oxygen atoms in total. The molecule has 4 heteroatoms. The van der Waals surface area contributed by atoms with Crippen molar-refractivity contribution in [3.8, 4) is 0 Å². The molecule has 0 spiro atoms. The van der Waals surface area contributed by atoms with Gasteiger partial charge < -0.3 is 4.52 Å². The summed E-state index contributed by atoms with van der Waals surface area (Å²) in [7, 11) is 0. The van der Waals surface area contributed by atoms with E-state index in [0.29, 0.717) is 11.7 Å². The van der Waals surface area contributed by atoms with Gasteiger partial charge in [0.25, 0.3) is 5.89 Å². The second-order valence-electron chi connectivity index (χ2n) is 3.29. The first-order chi connectivity index (χ1) is 7.31. The molecule has 0 fully saturated rings. The number of halogens is 1. The van der Waals surface area contributed by atoms with Gasteiger partial charge in [-0.1, -0.05) is 39.3 Å². The minimum absolute atomic E-state index is 0.599. The van der Waals surface area contributed by atoms with Crippen LogP contribution < -0.4 is 0 Å². The number of nitrogens with zero attached hydrogens (tertiary/aromatic N) is 2. The highest BCUT2D eigenvalue weighted by Crippen LogP contribution is 2.24. The Morgan fingerprint density at radius 3 is 3.00 bits per heavy atom. The fraction of sp³-hybridized carbons (Fsp3) is 0.273. The van der Waals surface area contributed by atoms with Crippen molar-refractivity contribution in [1.29, 1.82) is 0 Å². The van der Waals surface area contributed by atoms with E-state index < -0.39 is 0 Å². The van der Waals surface area contributed by atoms with Gasteiger partial charge in [-0.15, -0.1) is 0 Å². The highest BCUT2D eigenvalue weighted by Gasteiger charge is 2.12. The first-order valence-corrected chi connectivity index (χ1v) is 5.85. The van der Waals surface area contributed by atoms with Crippen LogP contribution in [0.2, 0.25) is 0 Å². The minimum atomic E-state index is 0.599. The Hall–Kier alpha value is -1.16. The molecule has 78 valence electrons. The Kier molecular flexibility index (Phi) is 3.16. The number of hydrogen-bond donors (Lipinski definition) is 0. The Morgan fingerprint density at radius 1 is 1.47 bits per heavy atom. The predicted molar refractivity (Wildman–Crippen MR) is 62.6 cm³/mol. The quantitative estimate of drug-likeness (QED) is 0.773. The largest absolute Gasteiger partial charge is 0.334 e. The van der Waals surface area contributed by atoms with Crippen molar-refractivity contribution >= 4 is 21.5 Å². The molecule has 2 rings (SSSR count). The van der Waals surface area contributed by atoms with Gasteiger partial charge in [0.15, 0.2) is 5.82 Å². The lowest BCUT2D eigenvalue weighted by Crippen LogP contribution is -1.90. The van der Waals surface area contributed by atoms with Crippen molar-refractivity contribution < 1.29 is 4.52 Å². The zero-order valence-electron chi connectivity index (χ0n) is 8.40. The molecule has 0 radical (unpaired) electrons. The van der Waals surface area contributed by atoms with E-state index in [1.807, 2.05) is 25.2 Å². The Balaban J connectivity index is 2.44. The SMILES string of the molecule is Cc1noc(C2=C(CBr)CC=CC=C2)n1. The van der Waals surface area contributed by atoms with E-state index in [4.69, 9.17) is 4.52 Å². The molecule has 1 aliphatic rings. The normalized spacial score (nSPS) is 15.9. The van der Waals surface area contributed by atoms with Gasteiger partial charge in [-0.25, -0.2) is 0 Å². The summed E-state index contributed by atoms with van der Waals surface area (Å²) in [5, 5.41) is 4.62. The van der Waals surface area contributed by atoms with Crippen LogP contribution in [0, 0.1) is 6.92 Å². The number of aromatic nitrogens is 2. The number of rotatable bonds is 2. The van der Waals surface area contributed by atoms with Gasteiger partial charge in [0, 0.05) is 10.9 Å². The molecule has 0 atom stereocenters. The van der Waals surface area contributed by atoms with Crippen LogP contribution in [0.4, 0.5) is 0 Å². The third-order valence-corrected chi connectivity index (χ3v) is 2.85. The van der Waals surface area contributed by atoms with Crippen LogP contribution in [0.3, 0.4) is 0 Å². The van der Waals surface area contributed by atoms with Crippen molar-refractivity contribution in [3.63, 3.8) is 0 Å². The first kappa shape index (κ1) is 10.4. The predicted octanol–water partition coefficient (Wildman–Crippen LogP) is 3.04. The van der Waals surface area contributed by atoms with Gasteiger partial charge in [0.1, 0.15) is 0 Å². The summed E-state index contributed by atoms with van der Waals surface area (Å²) < 4.78 is 5.17. The molecule has 1 heterocycles. The summed E-state index contributed by atoms with van der Waals surface area (Å²) in [6.45, 7) is 1.82. The van der Waals surface area contributed by atoms with E-state index in [1.54, 1.807) is 0 Å². The third-order valence-electron chi connectivity index (χ3n) is 2.17. The van der Waals surface area contributed by atoms with E-state index in [2.05, 4.69) is 32.1 Å². The van der Waals surface area contributed by atoms with E-state index in [1.165, 1.54) is 5.57 Å². The van der Waals surface area contributed by atoms with Crippen LogP contribution in [0.15, 0.2) is 34.4 Å². The average Bonchev–Trinajstić information content (AvgIpc) is 2.54. The fourth-order valence-electron chi connectivity index (χ4n) is 1.42. The van der Waals surface area contributed by atoms with Gasteiger partial charge >= 0.3 is 0 Å². The highest BCUT2D eigenvalue weighted by atomic mass is 79.9. The second kappa shape index (κ2) is 4.57. The summed E-state index contributed by atoms with van der Waals surface area (Å²) >= 11 is 3.47. The van der Waals surface area contributed by atoms with Crippen LogP contribution >= 0.6 is 15.9 Å². The van der Waals surface area contributed by atoms with Crippen molar-refractivity contribution in [2.75, 3.05) is 5.33 Å². The van der Waals surface area contributed by atoms with Crippen LogP contribution in [0.5, 0.6) is 0 Å². The molecule has 0 saturated carbocycles. The van der Waals surface area contributed by atoms with E-state index in [0.717, 1.165) is 17.3 Å². The maximum absolute atomic E-state index is 5.17. The molecule has 1 aromatic rings. The molecular formula is C11H11BrN2O. The van der Waals surface area contributed by atoms with Gasteiger partial charge in [-0.05, 0) is 25.0 Å². The molecule has 0 aliphatic heterocycles. The minimum Gasteiger partial charge on any atom is -0.334 e. The summed E-state index contributed by atoms with van der Waals surface area (Å²) in [6.07, 6.45) is 9.05. The number of aryl methyl sites for hydroxylation is 1. The van der Waals surface area contributed by atoms with Gasteiger partial charge in [0.05, 0.1) is 0 Å². The Bertz CT molecular complexity index is 443. The van der Waals surface area contributed by atoms with E-state index >= 15 is 0 Å². The molecule has 1 aliphatic carbocycles. The topological polar surface area (TPSA) is 38.9 Å². The summed E-state index contributed by atoms with van der Waals surface area (Å²) in [6, 6.07) is 0. The number of alkyl halides is 1. The van der Waals surface area contributed by atoms with E-state index in [-0.39, 0.29) is 0 Å². The van der Waals surface area contributed by atoms with Gasteiger partial charge in [-0.2, -0.15) is 4.98 Å². The van der Waals surface area contributed by atoms with E-state index in [9.17, 15) is 0 Å². The average molecular weight is 267 g/mol. The van der Waals surface area contributed by atoms with Crippen LogP contribution in [0.1, 0.15) is 18.1 Å². The lowest BCUT2D eigenvalue weighted by molar-refractivity contribution is 0.403. The fourth-order valence-corrected chi connectivity index (χ4v) is 1.95. The second-order valence-corrected chi connectivity index (χ2v) is 3.85. The summed E-state index contributed by atoms with van der Waals surface area (Å²) in [5.74, 6) is 1.26. The standard InChI is InChI=1S/C11H11BrN2O/c1-8-13-11(15-14-8)10-6-4-2-3-5-9(10)7-12/h2-4,6H,5,7H2,1H3. The maximum atomic E-state index is 5.17. The molecule has 1 aromatic heterocycles. The van der Waals surface area contributed by atoms with Crippen molar-refractivity contribution in [2.24, 2.45) is 0 Å². The molecule has 15 heavy (non-hydrogen) atoms. The maximum Gasteiger partial charge on any atom is 0.257 e. The Morgan fingerprint density at radius 2 is 2.33 bits per heavy atom. The summed E-state index contributed by atoms with van der Waals surface area (Å²) in [5.41, 5.74) is 2.28. The van der Waals surface area contributed by atoms with Gasteiger partial charge in [-0.3, -0.25) is 0 Å². The smallest absolute Gasteiger partial charge is 0.257 e. The third kappa shape index (κ3) is 2.26.